The summed E-state index contributed by atoms with van der Waals surface area (Å²) in [6.45, 7) is 0. The summed E-state index contributed by atoms with van der Waals surface area (Å²) in [6.07, 6.45) is -0.174. The molecule has 0 bridgehead atoms. The summed E-state index contributed by atoms with van der Waals surface area (Å²) in [5.41, 5.74) is -0.224. The second-order valence-electron chi connectivity index (χ2n) is 3.18. The molecule has 2 rings (SSSR count). The number of H-pyrrole nitrogens is 1. The number of rotatable bonds is 3. The Bertz CT molecular complexity index is 528. The molecule has 2 aromatic rings. The molecule has 0 aliphatic heterocycles. The summed E-state index contributed by atoms with van der Waals surface area (Å²) in [5, 5.41) is 14.8. The number of aromatic amines is 1. The lowest BCUT2D eigenvalue weighted by atomic mass is 10.3. The van der Waals surface area contributed by atoms with Crippen molar-refractivity contribution in [3.8, 4) is 0 Å². The first-order valence-corrected chi connectivity index (χ1v) is 4.62. The number of aromatic nitrogens is 4. The molecule has 1 amide bonds. The minimum atomic E-state index is -0.715. The highest BCUT2D eigenvalue weighted by Crippen LogP contribution is 2.15. The van der Waals surface area contributed by atoms with Crippen molar-refractivity contribution in [2.75, 3.05) is 5.32 Å². The lowest BCUT2D eigenvalue weighted by molar-refractivity contribution is -0.115. The standard InChI is InChI=1S/C9H7F2N5O/c10-5-1-2-6(11)7(3-5)12-9(17)4-8-13-15-16-14-8/h1-3H,4H2,(H,12,17)(H,13,14,15,16). The number of halogens is 2. The van der Waals surface area contributed by atoms with Gasteiger partial charge in [0, 0.05) is 6.07 Å². The van der Waals surface area contributed by atoms with Gasteiger partial charge in [0.25, 0.3) is 0 Å². The van der Waals surface area contributed by atoms with Crippen molar-refractivity contribution in [3.05, 3.63) is 35.7 Å². The van der Waals surface area contributed by atoms with Gasteiger partial charge < -0.3 is 5.32 Å². The van der Waals surface area contributed by atoms with E-state index in [9.17, 15) is 13.6 Å². The van der Waals surface area contributed by atoms with Crippen LogP contribution < -0.4 is 5.32 Å². The summed E-state index contributed by atoms with van der Waals surface area (Å²) < 4.78 is 26.0. The van der Waals surface area contributed by atoms with E-state index < -0.39 is 17.5 Å². The Morgan fingerprint density at radius 1 is 1.41 bits per heavy atom. The second kappa shape index (κ2) is 4.64. The van der Waals surface area contributed by atoms with Crippen LogP contribution in [0.15, 0.2) is 18.2 Å². The lowest BCUT2D eigenvalue weighted by Crippen LogP contribution is -2.16. The van der Waals surface area contributed by atoms with Crippen molar-refractivity contribution in [2.24, 2.45) is 0 Å². The fourth-order valence-corrected chi connectivity index (χ4v) is 1.19. The normalized spacial score (nSPS) is 10.2. The fraction of sp³-hybridized carbons (Fsp3) is 0.111. The number of anilines is 1. The summed E-state index contributed by atoms with van der Waals surface area (Å²) in [5.74, 6) is -1.75. The molecular weight excluding hydrogens is 232 g/mol. The molecule has 0 spiro atoms. The first-order valence-electron chi connectivity index (χ1n) is 4.62. The van der Waals surface area contributed by atoms with Gasteiger partial charge in [0.05, 0.1) is 12.1 Å². The van der Waals surface area contributed by atoms with Crippen LogP contribution in [0.25, 0.3) is 0 Å². The number of tetrazole rings is 1. The first-order chi connectivity index (χ1) is 8.15. The molecule has 1 aromatic carbocycles. The average Bonchev–Trinajstić information content (AvgIpc) is 2.76. The first kappa shape index (κ1) is 11.1. The maximum absolute atomic E-state index is 13.2. The molecule has 0 aliphatic rings. The molecule has 17 heavy (non-hydrogen) atoms. The highest BCUT2D eigenvalue weighted by molar-refractivity contribution is 5.91. The molecule has 0 aliphatic carbocycles. The second-order valence-corrected chi connectivity index (χ2v) is 3.18. The van der Waals surface area contributed by atoms with E-state index in [1.165, 1.54) is 0 Å². The zero-order valence-electron chi connectivity index (χ0n) is 8.44. The van der Waals surface area contributed by atoms with Crippen molar-refractivity contribution in [1.82, 2.24) is 20.6 Å². The Balaban J connectivity index is 2.05. The van der Waals surface area contributed by atoms with E-state index in [0.717, 1.165) is 18.2 Å². The van der Waals surface area contributed by atoms with Crippen LogP contribution in [0.1, 0.15) is 5.82 Å². The summed E-state index contributed by atoms with van der Waals surface area (Å²) in [7, 11) is 0. The van der Waals surface area contributed by atoms with Crippen LogP contribution in [0.5, 0.6) is 0 Å². The third-order valence-electron chi connectivity index (χ3n) is 1.91. The monoisotopic (exact) mass is 239 g/mol. The van der Waals surface area contributed by atoms with Gasteiger partial charge in [-0.2, -0.15) is 5.21 Å². The molecule has 1 aromatic heterocycles. The SMILES string of the molecule is O=C(Cc1nn[nH]n1)Nc1cc(F)ccc1F. The van der Waals surface area contributed by atoms with Gasteiger partial charge in [-0.1, -0.05) is 5.21 Å². The molecule has 0 unspecified atom stereocenters. The molecule has 0 saturated carbocycles. The van der Waals surface area contributed by atoms with E-state index >= 15 is 0 Å². The maximum atomic E-state index is 13.2. The fourth-order valence-electron chi connectivity index (χ4n) is 1.19. The number of benzene rings is 1. The van der Waals surface area contributed by atoms with Gasteiger partial charge in [-0.05, 0) is 12.1 Å². The van der Waals surface area contributed by atoms with Crippen LogP contribution in [0.2, 0.25) is 0 Å². The topological polar surface area (TPSA) is 83.6 Å². The van der Waals surface area contributed by atoms with Crippen LogP contribution in [-0.2, 0) is 11.2 Å². The molecule has 0 saturated heterocycles. The zero-order valence-corrected chi connectivity index (χ0v) is 8.44. The largest absolute Gasteiger partial charge is 0.323 e. The maximum Gasteiger partial charge on any atom is 0.232 e. The van der Waals surface area contributed by atoms with Crippen LogP contribution in [-0.4, -0.2) is 26.5 Å². The van der Waals surface area contributed by atoms with Crippen molar-refractivity contribution >= 4 is 11.6 Å². The minimum absolute atomic E-state index is 0.166. The molecular formula is C9H7F2N5O. The predicted octanol–water partition coefficient (Wildman–Crippen LogP) is 0.659. The molecule has 8 heteroatoms. The van der Waals surface area contributed by atoms with Crippen molar-refractivity contribution in [1.29, 1.82) is 0 Å². The van der Waals surface area contributed by atoms with Crippen LogP contribution in [0, 0.1) is 11.6 Å². The quantitative estimate of drug-likeness (QED) is 0.824. The van der Waals surface area contributed by atoms with E-state index in [2.05, 4.69) is 25.9 Å². The Hall–Kier alpha value is -2.38. The highest BCUT2D eigenvalue weighted by atomic mass is 19.1. The molecule has 0 atom stereocenters. The number of carbonyl (C=O) groups is 1. The smallest absolute Gasteiger partial charge is 0.232 e. The number of nitrogens with zero attached hydrogens (tertiary/aromatic N) is 3. The van der Waals surface area contributed by atoms with Gasteiger partial charge in [0.2, 0.25) is 5.91 Å². The van der Waals surface area contributed by atoms with Crippen LogP contribution in [0.3, 0.4) is 0 Å². The average molecular weight is 239 g/mol. The van der Waals surface area contributed by atoms with Crippen LogP contribution >= 0.6 is 0 Å². The summed E-state index contributed by atoms with van der Waals surface area (Å²) >= 11 is 0. The number of nitrogens with one attached hydrogen (secondary N) is 2. The highest BCUT2D eigenvalue weighted by Gasteiger charge is 2.10. The lowest BCUT2D eigenvalue weighted by Gasteiger charge is -2.04. The third kappa shape index (κ3) is 2.80. The van der Waals surface area contributed by atoms with E-state index in [1.54, 1.807) is 0 Å². The minimum Gasteiger partial charge on any atom is -0.323 e. The van der Waals surface area contributed by atoms with E-state index in [4.69, 9.17) is 0 Å². The van der Waals surface area contributed by atoms with Gasteiger partial charge in [-0.15, -0.1) is 10.2 Å². The molecule has 88 valence electrons. The Kier molecular flexibility index (Phi) is 3.03. The molecule has 0 fully saturated rings. The zero-order chi connectivity index (χ0) is 12.3. The van der Waals surface area contributed by atoms with Crippen molar-refractivity contribution in [2.45, 2.75) is 6.42 Å². The van der Waals surface area contributed by atoms with Gasteiger partial charge in [0.15, 0.2) is 5.82 Å². The molecule has 2 N–H and O–H groups in total. The number of amides is 1. The number of hydrogen-bond donors (Lipinski definition) is 2. The van der Waals surface area contributed by atoms with Crippen molar-refractivity contribution < 1.29 is 13.6 Å². The summed E-state index contributed by atoms with van der Waals surface area (Å²) in [6, 6.07) is 2.78. The van der Waals surface area contributed by atoms with Crippen molar-refractivity contribution in [3.63, 3.8) is 0 Å². The van der Waals surface area contributed by atoms with E-state index in [-0.39, 0.29) is 17.9 Å². The van der Waals surface area contributed by atoms with Gasteiger partial charge >= 0.3 is 0 Å². The summed E-state index contributed by atoms with van der Waals surface area (Å²) in [4.78, 5) is 11.4. The number of carbonyl (C=O) groups excluding carboxylic acids is 1. The molecule has 6 nitrogen and oxygen atoms in total. The Morgan fingerprint density at radius 3 is 2.94 bits per heavy atom. The van der Waals surface area contributed by atoms with Gasteiger partial charge in [0.1, 0.15) is 11.6 Å². The van der Waals surface area contributed by atoms with E-state index in [0.29, 0.717) is 0 Å². The predicted molar refractivity (Wildman–Crippen MR) is 52.9 cm³/mol. The van der Waals surface area contributed by atoms with Crippen LogP contribution in [0.4, 0.5) is 14.5 Å². The molecule has 0 radical (unpaired) electrons. The molecule has 1 heterocycles. The Labute approximate surface area is 94.0 Å². The van der Waals surface area contributed by atoms with Gasteiger partial charge in [-0.25, -0.2) is 8.78 Å². The van der Waals surface area contributed by atoms with Gasteiger partial charge in [-0.3, -0.25) is 4.79 Å². The Morgan fingerprint density at radius 2 is 2.24 bits per heavy atom. The third-order valence-corrected chi connectivity index (χ3v) is 1.91. The van der Waals surface area contributed by atoms with E-state index in [1.807, 2.05) is 0 Å². The number of hydrogen-bond acceptors (Lipinski definition) is 4.